The van der Waals surface area contributed by atoms with Crippen molar-refractivity contribution < 1.29 is 14.1 Å². The van der Waals surface area contributed by atoms with Crippen molar-refractivity contribution in [2.24, 2.45) is 0 Å². The van der Waals surface area contributed by atoms with Crippen molar-refractivity contribution in [2.75, 3.05) is 34.9 Å². The summed E-state index contributed by atoms with van der Waals surface area (Å²) in [5.41, 5.74) is 0.588. The molecule has 1 saturated heterocycles. The number of anilines is 1. The zero-order valence-electron chi connectivity index (χ0n) is 10.9. The molecule has 1 N–H and O–H groups in total. The van der Waals surface area contributed by atoms with E-state index in [0.29, 0.717) is 11.4 Å². The molecule has 0 radical (unpaired) electrons. The minimum absolute atomic E-state index is 0.205. The van der Waals surface area contributed by atoms with E-state index in [4.69, 9.17) is 4.52 Å². The Kier molecular flexibility index (Phi) is 3.87. The van der Waals surface area contributed by atoms with E-state index in [2.05, 4.69) is 15.6 Å². The van der Waals surface area contributed by atoms with E-state index in [0.717, 1.165) is 24.6 Å². The molecule has 1 aromatic heterocycles. The molecule has 0 saturated carbocycles. The summed E-state index contributed by atoms with van der Waals surface area (Å²) in [7, 11) is 0. The first-order valence-corrected chi connectivity index (χ1v) is 7.56. The van der Waals surface area contributed by atoms with E-state index in [-0.39, 0.29) is 5.91 Å². The van der Waals surface area contributed by atoms with E-state index in [9.17, 15) is 4.79 Å². The summed E-state index contributed by atoms with van der Waals surface area (Å²) in [5, 5.41) is 8.71. The van der Waals surface area contributed by atoms with Crippen molar-refractivity contribution in [3.8, 4) is 0 Å². The van der Waals surface area contributed by atoms with Crippen LogP contribution in [0.2, 0.25) is 0 Å². The number of nitrogens with one attached hydrogen (secondary N) is 1. The quantitative estimate of drug-likeness (QED) is 0.851. The molecular formula is C13H15N4O2S+. The summed E-state index contributed by atoms with van der Waals surface area (Å²) in [6, 6.07) is 9.01. The van der Waals surface area contributed by atoms with Gasteiger partial charge in [0.1, 0.15) is 0 Å². The number of hydrogen-bond donors (Lipinski definition) is 1. The van der Waals surface area contributed by atoms with Crippen molar-refractivity contribution in [3.05, 3.63) is 42.1 Å². The van der Waals surface area contributed by atoms with E-state index >= 15 is 0 Å². The Bertz CT molecular complexity index is 581. The molecule has 1 amide bonds. The fourth-order valence-electron chi connectivity index (χ4n) is 1.96. The first-order chi connectivity index (χ1) is 9.83. The van der Waals surface area contributed by atoms with Gasteiger partial charge in [-0.15, -0.1) is 0 Å². The van der Waals surface area contributed by atoms with Crippen LogP contribution in [0.1, 0.15) is 10.4 Å². The van der Waals surface area contributed by atoms with E-state index < -0.39 is 0 Å². The summed E-state index contributed by atoms with van der Waals surface area (Å²) in [5.74, 6) is 2.29. The van der Waals surface area contributed by atoms with Gasteiger partial charge in [0.05, 0.1) is 17.9 Å². The molecule has 6 nitrogen and oxygen atoms in total. The number of nitrogens with zero attached hydrogens (tertiary/aromatic N) is 3. The van der Waals surface area contributed by atoms with Gasteiger partial charge in [-0.2, -0.15) is 16.8 Å². The summed E-state index contributed by atoms with van der Waals surface area (Å²) >= 11 is 1.92. The molecule has 1 aliphatic heterocycles. The van der Waals surface area contributed by atoms with Crippen LogP contribution in [0.5, 0.6) is 0 Å². The van der Waals surface area contributed by atoms with Crippen LogP contribution in [0.3, 0.4) is 0 Å². The van der Waals surface area contributed by atoms with Gasteiger partial charge in [0, 0.05) is 17.1 Å². The highest BCUT2D eigenvalue weighted by Gasteiger charge is 2.23. The largest absolute Gasteiger partial charge is 0.306 e. The number of amides is 1. The lowest BCUT2D eigenvalue weighted by Crippen LogP contribution is -2.61. The smallest absolute Gasteiger partial charge is 0.285 e. The van der Waals surface area contributed by atoms with Crippen LogP contribution in [-0.2, 0) is 0 Å². The number of aromatic nitrogens is 2. The Labute approximate surface area is 120 Å². The predicted molar refractivity (Wildman–Crippen MR) is 76.4 cm³/mol. The third kappa shape index (κ3) is 2.93. The molecule has 2 aromatic rings. The average Bonchev–Trinajstić information content (AvgIpc) is 2.97. The first-order valence-electron chi connectivity index (χ1n) is 6.41. The van der Waals surface area contributed by atoms with Crippen LogP contribution in [0.4, 0.5) is 5.88 Å². The zero-order chi connectivity index (χ0) is 13.8. The molecule has 1 fully saturated rings. The van der Waals surface area contributed by atoms with Gasteiger partial charge < -0.3 is 0 Å². The maximum atomic E-state index is 12.0. The van der Waals surface area contributed by atoms with Gasteiger partial charge in [-0.05, 0) is 12.1 Å². The van der Waals surface area contributed by atoms with Crippen molar-refractivity contribution in [2.45, 2.75) is 0 Å². The average molecular weight is 291 g/mol. The number of hydrogen-bond acceptors (Lipinski definition) is 5. The summed E-state index contributed by atoms with van der Waals surface area (Å²) < 4.78 is 5.14. The summed E-state index contributed by atoms with van der Waals surface area (Å²) in [6.07, 6.45) is 1.69. The fraction of sp³-hybridized carbons (Fsp3) is 0.308. The second kappa shape index (κ2) is 5.96. The number of rotatable bonds is 3. The van der Waals surface area contributed by atoms with Gasteiger partial charge in [-0.1, -0.05) is 18.2 Å². The maximum absolute atomic E-state index is 12.0. The van der Waals surface area contributed by atoms with Crippen molar-refractivity contribution in [1.29, 1.82) is 0 Å². The predicted octanol–water partition coefficient (Wildman–Crippen LogP) is 0.899. The van der Waals surface area contributed by atoms with Gasteiger partial charge in [-0.3, -0.25) is 14.6 Å². The van der Waals surface area contributed by atoms with Crippen LogP contribution in [0.15, 0.2) is 41.1 Å². The number of carbonyl (C=O) groups is 1. The molecule has 1 aromatic carbocycles. The number of thioether (sulfide) groups is 1. The van der Waals surface area contributed by atoms with E-state index in [1.807, 2.05) is 30.0 Å². The maximum Gasteiger partial charge on any atom is 0.306 e. The molecule has 0 bridgehead atoms. The van der Waals surface area contributed by atoms with E-state index in [1.165, 1.54) is 0 Å². The molecule has 104 valence electrons. The molecule has 3 rings (SSSR count). The number of benzene rings is 1. The second-order valence-corrected chi connectivity index (χ2v) is 5.60. The third-order valence-electron chi connectivity index (χ3n) is 3.01. The molecular weight excluding hydrogens is 276 g/mol. The lowest BCUT2D eigenvalue weighted by molar-refractivity contribution is -0.757. The van der Waals surface area contributed by atoms with Gasteiger partial charge in [-0.25, -0.2) is 0 Å². The summed E-state index contributed by atoms with van der Waals surface area (Å²) in [4.78, 5) is 13.6. The zero-order valence-corrected chi connectivity index (χ0v) is 11.7. The lowest BCUT2D eigenvalue weighted by atomic mass is 10.2. The minimum Gasteiger partial charge on any atom is -0.285 e. The Hall–Kier alpha value is -2.02. The Balaban J connectivity index is 1.66. The first kappa shape index (κ1) is 13.0. The van der Waals surface area contributed by atoms with Crippen LogP contribution < -0.4 is 15.1 Å². The standard InChI is InChI=1S/C13H14N4O2S/c18-13(11-4-2-1-3-5-11)14-12-10-17(15-19-12)16-6-8-20-9-7-16/h1-5,10H,6-9H2/p+1. The molecule has 7 heteroatoms. The molecule has 0 unspecified atom stereocenters. The van der Waals surface area contributed by atoms with Crippen LogP contribution in [0.25, 0.3) is 0 Å². The highest BCUT2D eigenvalue weighted by molar-refractivity contribution is 7.99. The van der Waals surface area contributed by atoms with Crippen LogP contribution in [0, 0.1) is 0 Å². The molecule has 2 heterocycles. The third-order valence-corrected chi connectivity index (χ3v) is 3.95. The SMILES string of the molecule is O=C(Nc1c[n+](N2CCSCC2)no1)c1ccccc1. The molecule has 0 atom stereocenters. The van der Waals surface area contributed by atoms with Crippen molar-refractivity contribution in [3.63, 3.8) is 0 Å². The minimum atomic E-state index is -0.205. The normalized spacial score (nSPS) is 15.1. The second-order valence-electron chi connectivity index (χ2n) is 4.37. The Morgan fingerprint density at radius 2 is 2.05 bits per heavy atom. The van der Waals surface area contributed by atoms with Gasteiger partial charge in [0.2, 0.25) is 5.27 Å². The lowest BCUT2D eigenvalue weighted by Gasteiger charge is -2.17. The van der Waals surface area contributed by atoms with Crippen molar-refractivity contribution >= 4 is 23.6 Å². The topological polar surface area (TPSA) is 62.3 Å². The molecule has 0 aliphatic carbocycles. The van der Waals surface area contributed by atoms with Crippen LogP contribution in [-0.4, -0.2) is 35.8 Å². The monoisotopic (exact) mass is 291 g/mol. The Morgan fingerprint density at radius 1 is 1.30 bits per heavy atom. The molecule has 20 heavy (non-hydrogen) atoms. The molecule has 1 aliphatic rings. The van der Waals surface area contributed by atoms with E-state index in [1.54, 1.807) is 23.1 Å². The van der Waals surface area contributed by atoms with Crippen LogP contribution >= 0.6 is 11.8 Å². The fourth-order valence-corrected chi connectivity index (χ4v) is 2.84. The van der Waals surface area contributed by atoms with Gasteiger partial charge in [0.15, 0.2) is 0 Å². The Morgan fingerprint density at radius 3 is 2.80 bits per heavy atom. The van der Waals surface area contributed by atoms with Gasteiger partial charge in [0.25, 0.3) is 12.1 Å². The summed E-state index contributed by atoms with van der Waals surface area (Å²) in [6.45, 7) is 1.85. The molecule has 0 spiro atoms. The van der Waals surface area contributed by atoms with Gasteiger partial charge >= 0.3 is 5.88 Å². The highest BCUT2D eigenvalue weighted by Crippen LogP contribution is 2.08. The highest BCUT2D eigenvalue weighted by atomic mass is 32.2. The number of carbonyl (C=O) groups excluding carboxylic acids is 1. The van der Waals surface area contributed by atoms with Crippen molar-refractivity contribution in [1.82, 2.24) is 5.27 Å².